The molecule has 5 heteroatoms. The smallest absolute Gasteiger partial charge is 0.264 e. The molecule has 0 amide bonds. The first-order valence-electron chi connectivity index (χ1n) is 8.81. The molecule has 0 saturated carbocycles. The van der Waals surface area contributed by atoms with Crippen LogP contribution in [0.15, 0.2) is 47.4 Å². The fourth-order valence-corrected chi connectivity index (χ4v) is 5.07. The number of ether oxygens (including phenoxy) is 1. The monoisotopic (exact) mass is 359 g/mol. The SMILES string of the molecule is CCCCOc1ccc(S(=O)(=O)N2c3ccccc3CC2C)cc1C. The van der Waals surface area contributed by atoms with Crippen molar-refractivity contribution >= 4 is 15.7 Å². The molecule has 1 aliphatic heterocycles. The van der Waals surface area contributed by atoms with Crippen LogP contribution in [0.2, 0.25) is 0 Å². The van der Waals surface area contributed by atoms with Crippen LogP contribution in [0.25, 0.3) is 0 Å². The molecule has 1 unspecified atom stereocenters. The van der Waals surface area contributed by atoms with Gasteiger partial charge in [0.05, 0.1) is 17.2 Å². The fraction of sp³-hybridized carbons (Fsp3) is 0.400. The zero-order valence-electron chi connectivity index (χ0n) is 15.0. The minimum Gasteiger partial charge on any atom is -0.493 e. The molecule has 0 saturated heterocycles. The molecule has 25 heavy (non-hydrogen) atoms. The summed E-state index contributed by atoms with van der Waals surface area (Å²) in [6, 6.07) is 12.8. The van der Waals surface area contributed by atoms with Crippen LogP contribution in [0.3, 0.4) is 0 Å². The number of benzene rings is 2. The molecule has 0 aliphatic carbocycles. The van der Waals surface area contributed by atoms with Crippen molar-refractivity contribution in [3.05, 3.63) is 53.6 Å². The summed E-state index contributed by atoms with van der Waals surface area (Å²) < 4.78 is 33.7. The van der Waals surface area contributed by atoms with E-state index in [1.165, 1.54) is 0 Å². The summed E-state index contributed by atoms with van der Waals surface area (Å²) in [6.45, 7) is 6.61. The molecule has 2 aromatic carbocycles. The highest BCUT2D eigenvalue weighted by molar-refractivity contribution is 7.92. The van der Waals surface area contributed by atoms with Gasteiger partial charge in [-0.05, 0) is 62.1 Å². The van der Waals surface area contributed by atoms with Gasteiger partial charge in [-0.3, -0.25) is 4.31 Å². The summed E-state index contributed by atoms with van der Waals surface area (Å²) in [7, 11) is -3.59. The van der Waals surface area contributed by atoms with Crippen LogP contribution in [0, 0.1) is 6.92 Å². The lowest BCUT2D eigenvalue weighted by Gasteiger charge is -2.25. The maximum Gasteiger partial charge on any atom is 0.264 e. The fourth-order valence-electron chi connectivity index (χ4n) is 3.29. The van der Waals surface area contributed by atoms with Crippen molar-refractivity contribution < 1.29 is 13.2 Å². The van der Waals surface area contributed by atoms with E-state index in [1.54, 1.807) is 22.5 Å². The van der Waals surface area contributed by atoms with Crippen molar-refractivity contribution in [3.8, 4) is 5.75 Å². The Labute approximate surface area is 150 Å². The third-order valence-corrected chi connectivity index (χ3v) is 6.53. The van der Waals surface area contributed by atoms with Gasteiger partial charge in [-0.15, -0.1) is 0 Å². The average Bonchev–Trinajstić information content (AvgIpc) is 2.92. The highest BCUT2D eigenvalue weighted by Gasteiger charge is 2.35. The van der Waals surface area contributed by atoms with Gasteiger partial charge in [-0.1, -0.05) is 31.5 Å². The molecule has 0 radical (unpaired) electrons. The Morgan fingerprint density at radius 1 is 1.20 bits per heavy atom. The van der Waals surface area contributed by atoms with Crippen molar-refractivity contribution in [2.24, 2.45) is 0 Å². The number of anilines is 1. The number of fused-ring (bicyclic) bond motifs is 1. The van der Waals surface area contributed by atoms with E-state index in [1.807, 2.05) is 38.1 Å². The number of nitrogens with zero attached hydrogens (tertiary/aromatic N) is 1. The van der Waals surface area contributed by atoms with E-state index >= 15 is 0 Å². The predicted octanol–water partition coefficient (Wildman–Crippen LogP) is 4.31. The van der Waals surface area contributed by atoms with Crippen LogP contribution >= 0.6 is 0 Å². The first kappa shape index (κ1) is 17.8. The van der Waals surface area contributed by atoms with E-state index in [2.05, 4.69) is 6.92 Å². The Morgan fingerprint density at radius 2 is 1.96 bits per heavy atom. The topological polar surface area (TPSA) is 46.6 Å². The first-order valence-corrected chi connectivity index (χ1v) is 10.2. The number of hydrogen-bond acceptors (Lipinski definition) is 3. The molecule has 1 aliphatic rings. The quantitative estimate of drug-likeness (QED) is 0.722. The van der Waals surface area contributed by atoms with Crippen LogP contribution in [0.1, 0.15) is 37.8 Å². The zero-order chi connectivity index (χ0) is 18.0. The van der Waals surface area contributed by atoms with Crippen molar-refractivity contribution in [2.75, 3.05) is 10.9 Å². The van der Waals surface area contributed by atoms with Crippen molar-refractivity contribution in [1.82, 2.24) is 0 Å². The van der Waals surface area contributed by atoms with E-state index in [0.29, 0.717) is 11.5 Å². The van der Waals surface area contributed by atoms with Gasteiger partial charge in [0.25, 0.3) is 10.0 Å². The lowest BCUT2D eigenvalue weighted by atomic mass is 10.1. The van der Waals surface area contributed by atoms with E-state index in [9.17, 15) is 8.42 Å². The van der Waals surface area contributed by atoms with Crippen LogP contribution in [0.4, 0.5) is 5.69 Å². The molecule has 0 spiro atoms. The lowest BCUT2D eigenvalue weighted by Crippen LogP contribution is -2.35. The summed E-state index contributed by atoms with van der Waals surface area (Å²) in [6.07, 6.45) is 2.80. The molecule has 0 fully saturated rings. The van der Waals surface area contributed by atoms with Crippen molar-refractivity contribution in [3.63, 3.8) is 0 Å². The van der Waals surface area contributed by atoms with Gasteiger partial charge in [0.1, 0.15) is 5.75 Å². The highest BCUT2D eigenvalue weighted by atomic mass is 32.2. The number of rotatable bonds is 6. The summed E-state index contributed by atoms with van der Waals surface area (Å²) >= 11 is 0. The second kappa shape index (κ2) is 7.08. The van der Waals surface area contributed by atoms with Gasteiger partial charge in [0, 0.05) is 6.04 Å². The number of para-hydroxylation sites is 1. The van der Waals surface area contributed by atoms with Crippen LogP contribution in [-0.4, -0.2) is 21.1 Å². The molecular formula is C20H25NO3S. The molecule has 0 N–H and O–H groups in total. The maximum absolute atomic E-state index is 13.2. The third kappa shape index (κ3) is 3.38. The zero-order valence-corrected chi connectivity index (χ0v) is 15.8. The van der Waals surface area contributed by atoms with Gasteiger partial charge in [-0.2, -0.15) is 0 Å². The molecule has 0 aromatic heterocycles. The summed E-state index contributed by atoms with van der Waals surface area (Å²) in [5.41, 5.74) is 2.71. The third-order valence-electron chi connectivity index (χ3n) is 4.60. The van der Waals surface area contributed by atoms with Crippen LogP contribution < -0.4 is 9.04 Å². The normalized spacial score (nSPS) is 16.8. The Hall–Kier alpha value is -2.01. The minimum absolute atomic E-state index is 0.0804. The lowest BCUT2D eigenvalue weighted by molar-refractivity contribution is 0.307. The average molecular weight is 359 g/mol. The molecular weight excluding hydrogens is 334 g/mol. The summed E-state index contributed by atoms with van der Waals surface area (Å²) in [5.74, 6) is 0.752. The summed E-state index contributed by atoms with van der Waals surface area (Å²) in [4.78, 5) is 0.316. The Kier molecular flexibility index (Phi) is 5.04. The first-order chi connectivity index (χ1) is 11.9. The number of hydrogen-bond donors (Lipinski definition) is 0. The van der Waals surface area contributed by atoms with Gasteiger partial charge >= 0.3 is 0 Å². The van der Waals surface area contributed by atoms with Crippen LogP contribution in [0.5, 0.6) is 5.75 Å². The maximum atomic E-state index is 13.2. The molecule has 1 atom stereocenters. The molecule has 3 rings (SSSR count). The molecule has 4 nitrogen and oxygen atoms in total. The number of sulfonamides is 1. The Balaban J connectivity index is 1.92. The van der Waals surface area contributed by atoms with E-state index in [4.69, 9.17) is 4.74 Å². The highest BCUT2D eigenvalue weighted by Crippen LogP contribution is 2.37. The molecule has 0 bridgehead atoms. The van der Waals surface area contributed by atoms with E-state index in [0.717, 1.165) is 41.8 Å². The number of aryl methyl sites for hydroxylation is 1. The number of unbranched alkanes of at least 4 members (excludes halogenated alkanes) is 1. The van der Waals surface area contributed by atoms with E-state index < -0.39 is 10.0 Å². The standard InChI is InChI=1S/C20H25NO3S/c1-4-5-12-24-20-11-10-18(13-15(20)2)25(22,23)21-16(3)14-17-8-6-7-9-19(17)21/h6-11,13,16H,4-5,12,14H2,1-3H3. The Morgan fingerprint density at radius 3 is 2.68 bits per heavy atom. The largest absolute Gasteiger partial charge is 0.493 e. The van der Waals surface area contributed by atoms with Crippen molar-refractivity contribution in [2.45, 2.75) is 51.0 Å². The van der Waals surface area contributed by atoms with Gasteiger partial charge in [0.15, 0.2) is 0 Å². The Bertz CT molecular complexity index is 861. The predicted molar refractivity (Wildman–Crippen MR) is 101 cm³/mol. The van der Waals surface area contributed by atoms with E-state index in [-0.39, 0.29) is 6.04 Å². The molecule has 1 heterocycles. The molecule has 2 aromatic rings. The second-order valence-electron chi connectivity index (χ2n) is 6.61. The van der Waals surface area contributed by atoms with Gasteiger partial charge in [0.2, 0.25) is 0 Å². The van der Waals surface area contributed by atoms with Crippen molar-refractivity contribution in [1.29, 1.82) is 0 Å². The molecule has 134 valence electrons. The van der Waals surface area contributed by atoms with Gasteiger partial charge < -0.3 is 4.74 Å². The second-order valence-corrected chi connectivity index (χ2v) is 8.43. The van der Waals surface area contributed by atoms with Gasteiger partial charge in [-0.25, -0.2) is 8.42 Å². The summed E-state index contributed by atoms with van der Waals surface area (Å²) in [5, 5.41) is 0. The minimum atomic E-state index is -3.59. The van der Waals surface area contributed by atoms with Crippen LogP contribution in [-0.2, 0) is 16.4 Å².